The molecule has 2 saturated heterocycles. The average Bonchev–Trinajstić information content (AvgIpc) is 4.05. The Hall–Kier alpha value is -4.16. The molecule has 0 spiro atoms. The van der Waals surface area contributed by atoms with Crippen LogP contribution < -0.4 is 25.6 Å². The van der Waals surface area contributed by atoms with Crippen LogP contribution in [0.1, 0.15) is 56.4 Å². The van der Waals surface area contributed by atoms with Crippen LogP contribution in [0.3, 0.4) is 0 Å². The van der Waals surface area contributed by atoms with Crippen LogP contribution in [0.15, 0.2) is 65.3 Å². The molecule has 0 radical (unpaired) electrons. The summed E-state index contributed by atoms with van der Waals surface area (Å²) in [6, 6.07) is 16.7. The number of hydrogen-bond donors (Lipinski definition) is 2. The van der Waals surface area contributed by atoms with Gasteiger partial charge in [0.1, 0.15) is 30.3 Å². The van der Waals surface area contributed by atoms with E-state index in [0.29, 0.717) is 34.3 Å². The Bertz CT molecular complexity index is 2340. The highest BCUT2D eigenvalue weighted by Gasteiger charge is 2.30. The predicted octanol–water partition coefficient (Wildman–Crippen LogP) is 9.30. The number of aromatic nitrogens is 3. The smallest absolute Gasteiger partial charge is 0.229 e. The second kappa shape index (κ2) is 17.8. The van der Waals surface area contributed by atoms with E-state index in [1.54, 1.807) is 19.5 Å². The van der Waals surface area contributed by atoms with E-state index in [-0.39, 0.29) is 6.10 Å². The number of nitrogens with zero attached hydrogens (tertiary/aromatic N) is 6. The number of aryl methyl sites for hydroxylation is 2. The molecule has 1 aliphatic carbocycles. The number of rotatable bonds is 14. The number of hydrogen-bond acceptors (Lipinski definition) is 10. The number of benzene rings is 3. The number of fused-ring (bicyclic) bond motifs is 1. The summed E-state index contributed by atoms with van der Waals surface area (Å²) in [7, 11) is -2.73. The molecule has 2 N–H and O–H groups in total. The van der Waals surface area contributed by atoms with Gasteiger partial charge in [-0.15, -0.1) is 0 Å². The number of halogens is 3. The Balaban J connectivity index is 0.947. The number of anilines is 5. The third-order valence-corrected chi connectivity index (χ3v) is 13.9. The van der Waals surface area contributed by atoms with Crippen molar-refractivity contribution in [2.45, 2.75) is 70.9 Å². The minimum atomic E-state index is -2.73. The first-order chi connectivity index (χ1) is 28.4. The normalized spacial score (nSPS) is 17.1. The van der Waals surface area contributed by atoms with Crippen molar-refractivity contribution in [1.82, 2.24) is 24.8 Å². The molecule has 2 aromatic heterocycles. The van der Waals surface area contributed by atoms with Crippen LogP contribution in [0.25, 0.3) is 10.9 Å². The largest absolute Gasteiger partial charge is 0.488 e. The van der Waals surface area contributed by atoms with E-state index >= 15 is 0 Å². The van der Waals surface area contributed by atoms with Gasteiger partial charge in [0.05, 0.1) is 27.5 Å². The van der Waals surface area contributed by atoms with E-state index < -0.39 is 18.8 Å². The number of piperidine rings is 1. The van der Waals surface area contributed by atoms with Gasteiger partial charge in [0.25, 0.3) is 0 Å². The molecule has 8 rings (SSSR count). The first-order valence-corrected chi connectivity index (χ1v) is 24.4. The maximum absolute atomic E-state index is 13.7. The van der Waals surface area contributed by atoms with Crippen LogP contribution in [-0.4, -0.2) is 96.0 Å². The van der Waals surface area contributed by atoms with Crippen molar-refractivity contribution in [2.24, 2.45) is 0 Å². The lowest BCUT2D eigenvalue weighted by Gasteiger charge is -2.43. The fraction of sp³-hybridized carbons (Fsp3) is 0.444. The van der Waals surface area contributed by atoms with Crippen LogP contribution in [0.4, 0.5) is 37.6 Å². The summed E-state index contributed by atoms with van der Waals surface area (Å²) in [6.07, 6.45) is 8.52. The van der Waals surface area contributed by atoms with E-state index in [1.807, 2.05) is 24.3 Å². The number of nitrogens with one attached hydrogen (secondary N) is 2. The van der Waals surface area contributed by atoms with Gasteiger partial charge in [0, 0.05) is 92.3 Å². The molecule has 0 unspecified atom stereocenters. The Morgan fingerprint density at radius 3 is 2.27 bits per heavy atom. The highest BCUT2D eigenvalue weighted by atomic mass is 79.9. The van der Waals surface area contributed by atoms with Crippen LogP contribution in [0.2, 0.25) is 0 Å². The summed E-state index contributed by atoms with van der Waals surface area (Å²) in [5.74, 6) is 0.749. The van der Waals surface area contributed by atoms with Gasteiger partial charge in [0.2, 0.25) is 5.95 Å². The zero-order chi connectivity index (χ0) is 41.3. The summed E-state index contributed by atoms with van der Waals surface area (Å²) in [6.45, 7) is 14.6. The van der Waals surface area contributed by atoms with Gasteiger partial charge in [0.15, 0.2) is 0 Å². The quantitative estimate of drug-likeness (QED) is 0.105. The van der Waals surface area contributed by atoms with Gasteiger partial charge in [-0.25, -0.2) is 13.8 Å². The third kappa shape index (κ3) is 9.91. The molecule has 14 heteroatoms. The molecule has 3 fully saturated rings. The molecule has 10 nitrogen and oxygen atoms in total. The first-order valence-electron chi connectivity index (χ1n) is 21.0. The number of pyridine rings is 1. The van der Waals surface area contributed by atoms with Crippen molar-refractivity contribution in [1.29, 1.82) is 0 Å². The number of piperazine rings is 1. The highest BCUT2D eigenvalue weighted by Crippen LogP contribution is 2.43. The van der Waals surface area contributed by atoms with E-state index in [9.17, 15) is 13.3 Å². The van der Waals surface area contributed by atoms with Crippen molar-refractivity contribution in [3.8, 4) is 5.75 Å². The van der Waals surface area contributed by atoms with Gasteiger partial charge in [-0.1, -0.05) is 19.9 Å². The van der Waals surface area contributed by atoms with Crippen molar-refractivity contribution in [2.75, 3.05) is 74.7 Å². The van der Waals surface area contributed by atoms with Gasteiger partial charge in [-0.3, -0.25) is 9.88 Å². The second-order valence-electron chi connectivity index (χ2n) is 16.4. The lowest BCUT2D eigenvalue weighted by atomic mass is 9.99. The fourth-order valence-electron chi connectivity index (χ4n) is 8.49. The van der Waals surface area contributed by atoms with Crippen LogP contribution >= 0.6 is 23.1 Å². The predicted molar refractivity (Wildman–Crippen MR) is 239 cm³/mol. The molecule has 3 aliphatic rings. The minimum absolute atomic E-state index is 0.200. The van der Waals surface area contributed by atoms with Crippen LogP contribution in [0.5, 0.6) is 5.75 Å². The molecule has 59 heavy (non-hydrogen) atoms. The van der Waals surface area contributed by atoms with Crippen LogP contribution in [-0.2, 0) is 23.8 Å². The SMILES string of the molecule is CCc1ccc2c(P(C)(C)=O)c(Nc3nc(Nc4cc(CC)c(N5CCC(N6CCN(CCc7cc(F)cc(F)c7)CC6)CC5)cc4OC4CC4)ncc3Br)ccc2n1. The average molecular weight is 888 g/mol. The molecule has 312 valence electrons. The Labute approximate surface area is 354 Å². The zero-order valence-electron chi connectivity index (χ0n) is 34.4. The summed E-state index contributed by atoms with van der Waals surface area (Å²) >= 11 is 3.65. The van der Waals surface area contributed by atoms with Gasteiger partial charge >= 0.3 is 0 Å². The van der Waals surface area contributed by atoms with Gasteiger partial charge in [-0.05, 0) is 122 Å². The fourth-order valence-corrected chi connectivity index (χ4v) is 10.3. The second-order valence-corrected chi connectivity index (χ2v) is 20.5. The molecule has 1 saturated carbocycles. The summed E-state index contributed by atoms with van der Waals surface area (Å²) in [4.78, 5) is 21.9. The molecule has 4 heterocycles. The van der Waals surface area contributed by atoms with Gasteiger partial charge in [-0.2, -0.15) is 4.98 Å². The van der Waals surface area contributed by atoms with E-state index in [1.165, 1.54) is 23.4 Å². The monoisotopic (exact) mass is 886 g/mol. The topological polar surface area (TPSA) is 98.8 Å². The maximum Gasteiger partial charge on any atom is 0.229 e. The summed E-state index contributed by atoms with van der Waals surface area (Å²) in [5.41, 5.74) is 6.54. The Morgan fingerprint density at radius 1 is 0.847 bits per heavy atom. The van der Waals surface area contributed by atoms with Crippen molar-refractivity contribution in [3.63, 3.8) is 0 Å². The van der Waals surface area contributed by atoms with Crippen molar-refractivity contribution in [3.05, 3.63) is 93.7 Å². The first kappa shape index (κ1) is 41.6. The summed E-state index contributed by atoms with van der Waals surface area (Å²) < 4.78 is 48.3. The minimum Gasteiger partial charge on any atom is -0.488 e. The molecular weight excluding hydrogens is 833 g/mol. The van der Waals surface area contributed by atoms with Gasteiger partial charge < -0.3 is 29.7 Å². The highest BCUT2D eigenvalue weighted by molar-refractivity contribution is 9.10. The molecular formula is C45H54BrF2N8O2P. The summed E-state index contributed by atoms with van der Waals surface area (Å²) in [5, 5.41) is 8.57. The molecule has 0 bridgehead atoms. The third-order valence-electron chi connectivity index (χ3n) is 11.8. The Morgan fingerprint density at radius 2 is 1.59 bits per heavy atom. The lowest BCUT2D eigenvalue weighted by molar-refractivity contribution is 0.0855. The maximum atomic E-state index is 13.7. The standard InChI is InChI=1S/C45H54BrF2N8O2P/c1-5-30-25-40(52-45-49-28-37(46)44(53-45)51-39-12-11-38-36(43(39)59(3,4)57)10-7-33(6-2)50-38)42(58-35-8-9-35)27-41(30)56-17-14-34(15-18-56)55-21-19-54(20-22-55)16-13-29-23-31(47)26-32(48)24-29/h7,10-12,23-28,34-35H,5-6,8-9,13-22H2,1-4H3,(H2,49,51,52,53). The molecule has 3 aromatic carbocycles. The van der Waals surface area contributed by atoms with E-state index in [2.05, 4.69) is 72.2 Å². The molecule has 0 amide bonds. The number of ether oxygens (including phenoxy) is 1. The molecule has 2 aliphatic heterocycles. The van der Waals surface area contributed by atoms with E-state index in [0.717, 1.165) is 129 Å². The lowest BCUT2D eigenvalue weighted by Crippen LogP contribution is -2.53. The molecule has 0 atom stereocenters. The van der Waals surface area contributed by atoms with Crippen molar-refractivity contribution < 1.29 is 18.1 Å². The zero-order valence-corrected chi connectivity index (χ0v) is 36.9. The van der Waals surface area contributed by atoms with Crippen molar-refractivity contribution >= 4 is 68.1 Å². The van der Waals surface area contributed by atoms with E-state index in [4.69, 9.17) is 14.7 Å². The molecule has 5 aromatic rings. The Kier molecular flexibility index (Phi) is 12.6. The van der Waals surface area contributed by atoms with Crippen LogP contribution in [0, 0.1) is 11.6 Å².